The summed E-state index contributed by atoms with van der Waals surface area (Å²) in [6.07, 6.45) is -0.350. The second-order valence-electron chi connectivity index (χ2n) is 4.28. The number of aromatic nitrogens is 1. The molecule has 1 atom stereocenters. The first-order chi connectivity index (χ1) is 5.87. The lowest BCUT2D eigenvalue weighted by atomic mass is 9.97. The van der Waals surface area contributed by atoms with Gasteiger partial charge in [-0.3, -0.25) is 0 Å². The topological polar surface area (TPSA) is 25.2 Å². The molecular weight excluding hydrogens is 162 g/mol. The van der Waals surface area contributed by atoms with Crippen molar-refractivity contribution in [3.8, 4) is 0 Å². The van der Waals surface area contributed by atoms with Gasteiger partial charge in [0.15, 0.2) is 0 Å². The average Bonchev–Trinajstić information content (AvgIpc) is 2.30. The van der Waals surface area contributed by atoms with E-state index >= 15 is 0 Å². The molecule has 74 valence electrons. The fourth-order valence-corrected chi connectivity index (χ4v) is 1.76. The van der Waals surface area contributed by atoms with Crippen LogP contribution in [-0.4, -0.2) is 15.8 Å². The van der Waals surface area contributed by atoms with Gasteiger partial charge in [-0.2, -0.15) is 0 Å². The molecule has 0 saturated heterocycles. The first kappa shape index (κ1) is 10.3. The van der Waals surface area contributed by atoms with Gasteiger partial charge >= 0.3 is 0 Å². The van der Waals surface area contributed by atoms with Crippen LogP contribution >= 0.6 is 0 Å². The van der Waals surface area contributed by atoms with Gasteiger partial charge in [-0.05, 0) is 46.8 Å². The van der Waals surface area contributed by atoms with Crippen molar-refractivity contribution in [3.05, 3.63) is 23.5 Å². The van der Waals surface area contributed by atoms with Gasteiger partial charge in [-0.25, -0.2) is 0 Å². The maximum absolute atomic E-state index is 9.68. The van der Waals surface area contributed by atoms with E-state index in [2.05, 4.69) is 44.4 Å². The number of rotatable bonds is 2. The Bertz CT molecular complexity index is 278. The summed E-state index contributed by atoms with van der Waals surface area (Å²) in [5, 5.41) is 9.68. The first-order valence-corrected chi connectivity index (χ1v) is 4.71. The molecule has 0 amide bonds. The zero-order valence-electron chi connectivity index (χ0n) is 9.13. The summed E-state index contributed by atoms with van der Waals surface area (Å²) in [7, 11) is 0. The minimum atomic E-state index is -0.350. The largest absolute Gasteiger partial charge is 0.391 e. The van der Waals surface area contributed by atoms with E-state index < -0.39 is 0 Å². The Kier molecular flexibility index (Phi) is 2.53. The molecule has 0 radical (unpaired) electrons. The van der Waals surface area contributed by atoms with Crippen LogP contribution in [0.1, 0.15) is 32.2 Å². The third-order valence-corrected chi connectivity index (χ3v) is 2.87. The van der Waals surface area contributed by atoms with Gasteiger partial charge < -0.3 is 9.67 Å². The predicted molar refractivity (Wildman–Crippen MR) is 54.9 cm³/mol. The SMILES string of the molecule is Cc1ccc(C)n1C(C)(C)C(C)O. The molecule has 1 N–H and O–H groups in total. The highest BCUT2D eigenvalue weighted by atomic mass is 16.3. The van der Waals surface area contributed by atoms with E-state index in [1.54, 1.807) is 0 Å². The van der Waals surface area contributed by atoms with Gasteiger partial charge in [0.25, 0.3) is 0 Å². The van der Waals surface area contributed by atoms with Crippen molar-refractivity contribution in [3.63, 3.8) is 0 Å². The Morgan fingerprint density at radius 3 is 1.92 bits per heavy atom. The van der Waals surface area contributed by atoms with Crippen LogP contribution in [0.5, 0.6) is 0 Å². The van der Waals surface area contributed by atoms with Gasteiger partial charge in [0.05, 0.1) is 11.6 Å². The van der Waals surface area contributed by atoms with Gasteiger partial charge in [-0.15, -0.1) is 0 Å². The molecule has 1 aromatic rings. The van der Waals surface area contributed by atoms with E-state index in [9.17, 15) is 5.11 Å². The molecule has 0 spiro atoms. The van der Waals surface area contributed by atoms with Crippen LogP contribution in [0.4, 0.5) is 0 Å². The molecule has 0 aliphatic rings. The summed E-state index contributed by atoms with van der Waals surface area (Å²) in [5.41, 5.74) is 2.17. The van der Waals surface area contributed by atoms with E-state index in [1.165, 1.54) is 11.4 Å². The van der Waals surface area contributed by atoms with Crippen molar-refractivity contribution >= 4 is 0 Å². The molecule has 2 nitrogen and oxygen atoms in total. The lowest BCUT2D eigenvalue weighted by Gasteiger charge is -2.33. The van der Waals surface area contributed by atoms with E-state index in [1.807, 2.05) is 6.92 Å². The molecule has 1 rings (SSSR count). The summed E-state index contributed by atoms with van der Waals surface area (Å²) in [6, 6.07) is 4.17. The lowest BCUT2D eigenvalue weighted by Crippen LogP contribution is -2.38. The normalized spacial score (nSPS) is 14.6. The van der Waals surface area contributed by atoms with Crippen molar-refractivity contribution < 1.29 is 5.11 Å². The minimum Gasteiger partial charge on any atom is -0.391 e. The fraction of sp³-hybridized carbons (Fsp3) is 0.636. The molecule has 0 bridgehead atoms. The molecule has 0 fully saturated rings. The van der Waals surface area contributed by atoms with Crippen molar-refractivity contribution in [1.82, 2.24) is 4.57 Å². The maximum Gasteiger partial charge on any atom is 0.0741 e. The van der Waals surface area contributed by atoms with Crippen LogP contribution in [-0.2, 0) is 5.54 Å². The third kappa shape index (κ3) is 1.63. The standard InChI is InChI=1S/C11H19NO/c1-8-6-7-9(2)12(8)11(4,5)10(3)13/h6-7,10,13H,1-5H3. The van der Waals surface area contributed by atoms with E-state index in [-0.39, 0.29) is 11.6 Å². The van der Waals surface area contributed by atoms with E-state index in [4.69, 9.17) is 0 Å². The van der Waals surface area contributed by atoms with Gasteiger partial charge in [0.2, 0.25) is 0 Å². The fourth-order valence-electron chi connectivity index (χ4n) is 1.76. The smallest absolute Gasteiger partial charge is 0.0741 e. The Morgan fingerprint density at radius 1 is 1.23 bits per heavy atom. The highest BCUT2D eigenvalue weighted by Gasteiger charge is 2.27. The second kappa shape index (κ2) is 3.18. The molecule has 1 aromatic heterocycles. The Morgan fingerprint density at radius 2 is 1.62 bits per heavy atom. The van der Waals surface area contributed by atoms with Crippen LogP contribution in [0.2, 0.25) is 0 Å². The molecule has 2 heteroatoms. The number of aliphatic hydroxyl groups is 1. The van der Waals surface area contributed by atoms with Crippen molar-refractivity contribution in [2.75, 3.05) is 0 Å². The third-order valence-electron chi connectivity index (χ3n) is 2.87. The number of aliphatic hydroxyl groups excluding tert-OH is 1. The number of hydrogen-bond donors (Lipinski definition) is 1. The minimum absolute atomic E-state index is 0.225. The number of nitrogens with zero attached hydrogens (tertiary/aromatic N) is 1. The molecule has 0 aromatic carbocycles. The van der Waals surface area contributed by atoms with Gasteiger partial charge in [-0.1, -0.05) is 0 Å². The summed E-state index contributed by atoms with van der Waals surface area (Å²) < 4.78 is 2.18. The van der Waals surface area contributed by atoms with Crippen LogP contribution in [0.15, 0.2) is 12.1 Å². The van der Waals surface area contributed by atoms with Crippen LogP contribution < -0.4 is 0 Å². The Balaban J connectivity index is 3.20. The highest BCUT2D eigenvalue weighted by Crippen LogP contribution is 2.24. The second-order valence-corrected chi connectivity index (χ2v) is 4.28. The quantitative estimate of drug-likeness (QED) is 0.743. The number of hydrogen-bond acceptors (Lipinski definition) is 1. The van der Waals surface area contributed by atoms with E-state index in [0.29, 0.717) is 0 Å². The molecule has 0 saturated carbocycles. The van der Waals surface area contributed by atoms with Gasteiger partial charge in [0.1, 0.15) is 0 Å². The number of aryl methyl sites for hydroxylation is 2. The van der Waals surface area contributed by atoms with Crippen molar-refractivity contribution in [2.24, 2.45) is 0 Å². The maximum atomic E-state index is 9.68. The van der Waals surface area contributed by atoms with Crippen molar-refractivity contribution in [1.29, 1.82) is 0 Å². The molecule has 1 heterocycles. The Hall–Kier alpha value is -0.760. The van der Waals surface area contributed by atoms with E-state index in [0.717, 1.165) is 0 Å². The molecule has 0 aliphatic carbocycles. The molecule has 0 aliphatic heterocycles. The summed E-state index contributed by atoms with van der Waals surface area (Å²) in [6.45, 7) is 10.1. The monoisotopic (exact) mass is 181 g/mol. The van der Waals surface area contributed by atoms with Gasteiger partial charge in [0, 0.05) is 11.4 Å². The van der Waals surface area contributed by atoms with Crippen LogP contribution in [0.25, 0.3) is 0 Å². The van der Waals surface area contributed by atoms with Crippen molar-refractivity contribution in [2.45, 2.75) is 46.3 Å². The summed E-state index contributed by atoms with van der Waals surface area (Å²) >= 11 is 0. The highest BCUT2D eigenvalue weighted by molar-refractivity contribution is 5.17. The molecule has 1 unspecified atom stereocenters. The molecule has 13 heavy (non-hydrogen) atoms. The Labute approximate surface area is 80.2 Å². The average molecular weight is 181 g/mol. The predicted octanol–water partition coefficient (Wildman–Crippen LogP) is 2.22. The summed E-state index contributed by atoms with van der Waals surface area (Å²) in [4.78, 5) is 0. The first-order valence-electron chi connectivity index (χ1n) is 4.71. The molecular formula is C11H19NO. The zero-order chi connectivity index (χ0) is 10.2. The van der Waals surface area contributed by atoms with Crippen LogP contribution in [0.3, 0.4) is 0 Å². The lowest BCUT2D eigenvalue weighted by molar-refractivity contribution is 0.0710. The van der Waals surface area contributed by atoms with Crippen LogP contribution in [0, 0.1) is 13.8 Å². The zero-order valence-corrected chi connectivity index (χ0v) is 9.13. The summed E-state index contributed by atoms with van der Waals surface area (Å²) in [5.74, 6) is 0.